The van der Waals surface area contributed by atoms with E-state index in [0.29, 0.717) is 11.6 Å². The van der Waals surface area contributed by atoms with Crippen molar-refractivity contribution in [3.63, 3.8) is 0 Å². The average Bonchev–Trinajstić information content (AvgIpc) is 3.26. The molecule has 2 heterocycles. The zero-order valence-corrected chi connectivity index (χ0v) is 17.3. The molecule has 0 saturated heterocycles. The van der Waals surface area contributed by atoms with Crippen LogP contribution >= 0.6 is 0 Å². The molecule has 1 aliphatic rings. The second kappa shape index (κ2) is 7.70. The molecule has 3 N–H and O–H groups in total. The molecule has 0 spiro atoms. The summed E-state index contributed by atoms with van der Waals surface area (Å²) in [6, 6.07) is 27.9. The summed E-state index contributed by atoms with van der Waals surface area (Å²) in [6.07, 6.45) is 0. The Labute approximate surface area is 185 Å². The Balaban J connectivity index is 1.87. The number of carbonyl (C=O) groups excluding carboxylic acids is 1. The number of imidazole rings is 1. The molecule has 7 nitrogen and oxygen atoms in total. The number of hydrogen-bond acceptors (Lipinski definition) is 5. The summed E-state index contributed by atoms with van der Waals surface area (Å²) >= 11 is 0. The highest BCUT2D eigenvalue weighted by molar-refractivity contribution is 6.09. The van der Waals surface area contributed by atoms with E-state index in [0.717, 1.165) is 22.4 Å². The van der Waals surface area contributed by atoms with Gasteiger partial charge in [0.25, 0.3) is 0 Å². The van der Waals surface area contributed by atoms with Crippen molar-refractivity contribution in [1.29, 1.82) is 0 Å². The van der Waals surface area contributed by atoms with E-state index in [9.17, 15) is 4.79 Å². The molecule has 1 amide bonds. The van der Waals surface area contributed by atoms with Crippen LogP contribution in [-0.4, -0.2) is 28.9 Å². The summed E-state index contributed by atoms with van der Waals surface area (Å²) in [6.45, 7) is 0. The molecule has 0 saturated carbocycles. The fourth-order valence-electron chi connectivity index (χ4n) is 4.20. The van der Waals surface area contributed by atoms with Gasteiger partial charge in [-0.05, 0) is 28.8 Å². The minimum absolute atomic E-state index is 0.0906. The number of nitrogens with two attached hydrogens (primary N) is 1. The Bertz CT molecular complexity index is 1260. The van der Waals surface area contributed by atoms with Crippen LogP contribution in [0.1, 0.15) is 33.0 Å². The molecule has 1 radical (unpaired) electrons. The quantitative estimate of drug-likeness (QED) is 0.480. The largest absolute Gasteiger partial charge is 0.497 e. The van der Waals surface area contributed by atoms with Gasteiger partial charge in [-0.1, -0.05) is 72.8 Å². The maximum atomic E-state index is 12.5. The molecular weight excluding hydrogens is 402 g/mol. The van der Waals surface area contributed by atoms with E-state index in [1.54, 1.807) is 7.11 Å². The van der Waals surface area contributed by atoms with E-state index in [1.807, 2.05) is 84.9 Å². The van der Waals surface area contributed by atoms with Gasteiger partial charge in [0.05, 0.1) is 7.11 Å². The lowest BCUT2D eigenvalue weighted by Crippen LogP contribution is -2.33. The van der Waals surface area contributed by atoms with Crippen LogP contribution in [0, 0.1) is 0 Å². The van der Waals surface area contributed by atoms with Crippen LogP contribution in [-0.2, 0) is 5.41 Å². The number of aromatic amines is 1. The number of aromatic nitrogens is 2. The SMILES string of the molecule is COc1ccc(C(c2ccccc2)(c2ccccc2)c2nc3c([nH]2)N=C(N)[N]C3=O)cc1. The van der Waals surface area contributed by atoms with E-state index in [2.05, 4.69) is 15.3 Å². The number of fused-ring (bicyclic) bond motifs is 1. The summed E-state index contributed by atoms with van der Waals surface area (Å²) < 4.78 is 5.38. The maximum Gasteiger partial charge on any atom is 0.302 e. The maximum absolute atomic E-state index is 12.5. The summed E-state index contributed by atoms with van der Waals surface area (Å²) in [7, 11) is 1.63. The summed E-state index contributed by atoms with van der Waals surface area (Å²) in [5, 5.41) is 3.75. The number of nitrogens with one attached hydrogen (secondary N) is 1. The number of nitrogens with zero attached hydrogens (tertiary/aromatic N) is 3. The number of hydrogen-bond donors (Lipinski definition) is 2. The van der Waals surface area contributed by atoms with E-state index < -0.39 is 11.3 Å². The molecule has 3 aromatic carbocycles. The predicted octanol–water partition coefficient (Wildman–Crippen LogP) is 3.51. The third-order valence-corrected chi connectivity index (χ3v) is 5.62. The highest BCUT2D eigenvalue weighted by Gasteiger charge is 2.42. The molecule has 1 aromatic heterocycles. The van der Waals surface area contributed by atoms with Crippen LogP contribution in [0.15, 0.2) is 89.9 Å². The monoisotopic (exact) mass is 422 g/mol. The Hall–Kier alpha value is -4.39. The van der Waals surface area contributed by atoms with Crippen molar-refractivity contribution >= 4 is 17.7 Å². The number of ether oxygens (including phenoxy) is 1. The van der Waals surface area contributed by atoms with Crippen molar-refractivity contribution in [2.24, 2.45) is 10.7 Å². The summed E-state index contributed by atoms with van der Waals surface area (Å²) in [5.74, 6) is 0.995. The van der Waals surface area contributed by atoms with Gasteiger partial charge < -0.3 is 15.5 Å². The van der Waals surface area contributed by atoms with Gasteiger partial charge in [-0.3, -0.25) is 4.79 Å². The van der Waals surface area contributed by atoms with Gasteiger partial charge in [-0.15, -0.1) is 0 Å². The first kappa shape index (κ1) is 19.6. The third-order valence-electron chi connectivity index (χ3n) is 5.62. The zero-order valence-electron chi connectivity index (χ0n) is 17.3. The lowest BCUT2D eigenvalue weighted by atomic mass is 9.69. The van der Waals surface area contributed by atoms with Crippen molar-refractivity contribution in [1.82, 2.24) is 15.3 Å². The fraction of sp³-hybridized carbons (Fsp3) is 0.0800. The lowest BCUT2D eigenvalue weighted by molar-refractivity contribution is 0.0967. The second-order valence-corrected chi connectivity index (χ2v) is 7.38. The third kappa shape index (κ3) is 3.02. The molecule has 0 fully saturated rings. The van der Waals surface area contributed by atoms with Crippen molar-refractivity contribution in [3.05, 3.63) is 113 Å². The molecule has 4 aromatic rings. The number of carbonyl (C=O) groups is 1. The smallest absolute Gasteiger partial charge is 0.302 e. The topological polar surface area (TPSA) is 107 Å². The molecule has 157 valence electrons. The van der Waals surface area contributed by atoms with E-state index >= 15 is 0 Å². The van der Waals surface area contributed by atoms with Crippen LogP contribution in [0.2, 0.25) is 0 Å². The number of methoxy groups -OCH3 is 1. The number of guanidine groups is 1. The molecule has 0 aliphatic carbocycles. The molecular formula is C25H20N5O2. The van der Waals surface area contributed by atoms with Crippen molar-refractivity contribution in [2.45, 2.75) is 5.41 Å². The van der Waals surface area contributed by atoms with Crippen LogP contribution in [0.25, 0.3) is 0 Å². The van der Waals surface area contributed by atoms with Gasteiger partial charge in [0.1, 0.15) is 17.0 Å². The highest BCUT2D eigenvalue weighted by Crippen LogP contribution is 2.45. The first-order valence-corrected chi connectivity index (χ1v) is 10.1. The first-order valence-electron chi connectivity index (χ1n) is 10.1. The molecule has 1 aliphatic heterocycles. The molecule has 7 heteroatoms. The van der Waals surface area contributed by atoms with Crippen LogP contribution in [0.4, 0.5) is 5.82 Å². The van der Waals surface area contributed by atoms with Gasteiger partial charge in [0.2, 0.25) is 5.96 Å². The van der Waals surface area contributed by atoms with Crippen molar-refractivity contribution in [2.75, 3.05) is 7.11 Å². The zero-order chi connectivity index (χ0) is 22.1. The summed E-state index contributed by atoms with van der Waals surface area (Å²) in [4.78, 5) is 24.7. The van der Waals surface area contributed by atoms with Crippen LogP contribution < -0.4 is 15.8 Å². The predicted molar refractivity (Wildman–Crippen MR) is 121 cm³/mol. The summed E-state index contributed by atoms with van der Waals surface area (Å²) in [5.41, 5.74) is 7.92. The van der Waals surface area contributed by atoms with Crippen LogP contribution in [0.5, 0.6) is 5.75 Å². The van der Waals surface area contributed by atoms with Gasteiger partial charge in [-0.2, -0.15) is 10.3 Å². The van der Waals surface area contributed by atoms with E-state index in [1.165, 1.54) is 0 Å². The molecule has 0 atom stereocenters. The fourth-order valence-corrected chi connectivity index (χ4v) is 4.20. The standard InChI is InChI=1S/C25H20N5O2/c1-32-19-14-12-18(13-15-19)25(16-8-4-2-5-9-16,17-10-6-3-7-11-17)23-27-20-21(28-23)29-24(26)30-22(20)31/h2-15H,1H3,(H2,26,29)(H,27,28). The molecule has 32 heavy (non-hydrogen) atoms. The first-order chi connectivity index (χ1) is 15.6. The minimum atomic E-state index is -0.851. The normalized spacial score (nSPS) is 13.2. The van der Waals surface area contributed by atoms with Crippen molar-refractivity contribution < 1.29 is 9.53 Å². The van der Waals surface area contributed by atoms with E-state index in [4.69, 9.17) is 15.5 Å². The van der Waals surface area contributed by atoms with Crippen molar-refractivity contribution in [3.8, 4) is 5.75 Å². The Morgan fingerprint density at radius 1 is 0.844 bits per heavy atom. The van der Waals surface area contributed by atoms with Crippen LogP contribution in [0.3, 0.4) is 0 Å². The molecule has 0 bridgehead atoms. The Morgan fingerprint density at radius 3 is 1.97 bits per heavy atom. The highest BCUT2D eigenvalue weighted by atomic mass is 16.5. The second-order valence-electron chi connectivity index (χ2n) is 7.38. The van der Waals surface area contributed by atoms with Gasteiger partial charge in [0, 0.05) is 0 Å². The van der Waals surface area contributed by atoms with Gasteiger partial charge >= 0.3 is 5.91 Å². The lowest BCUT2D eigenvalue weighted by Gasteiger charge is -2.34. The minimum Gasteiger partial charge on any atom is -0.497 e. The number of benzene rings is 3. The van der Waals surface area contributed by atoms with Gasteiger partial charge in [0.15, 0.2) is 11.5 Å². The van der Waals surface area contributed by atoms with Gasteiger partial charge in [-0.25, -0.2) is 4.98 Å². The Kier molecular flexibility index (Phi) is 4.71. The Morgan fingerprint density at radius 2 is 1.41 bits per heavy atom. The number of amides is 1. The average molecular weight is 422 g/mol. The molecule has 0 unspecified atom stereocenters. The molecule has 5 rings (SSSR count). The number of aliphatic imine (C=N–C) groups is 1. The van der Waals surface area contributed by atoms with E-state index in [-0.39, 0.29) is 11.7 Å². The number of rotatable bonds is 5. The number of H-pyrrole nitrogens is 1.